The third-order valence-electron chi connectivity index (χ3n) is 3.85. The lowest BCUT2D eigenvalue weighted by Crippen LogP contribution is -2.30. The minimum atomic E-state index is -3.96. The minimum absolute atomic E-state index is 0.0853. The van der Waals surface area contributed by atoms with Crippen molar-refractivity contribution < 1.29 is 18.3 Å². The number of aryl methyl sites for hydroxylation is 1. The average Bonchev–Trinajstić information content (AvgIpc) is 2.56. The number of carboxylic acid groups (broad SMARTS) is 1. The Morgan fingerprint density at radius 1 is 1.17 bits per heavy atom. The van der Waals surface area contributed by atoms with Gasteiger partial charge >= 0.3 is 5.97 Å². The number of fused-ring (bicyclic) bond motifs is 1. The van der Waals surface area contributed by atoms with Crippen molar-refractivity contribution in [1.29, 1.82) is 0 Å². The molecule has 130 valence electrons. The number of sulfonamides is 1. The lowest BCUT2D eigenvalue weighted by atomic mass is 10.00. The molecule has 0 spiro atoms. The Kier molecular flexibility index (Phi) is 5.80. The fraction of sp³-hybridized carbons (Fsp3) is 0.353. The number of carboxylic acids is 1. The highest BCUT2D eigenvalue weighted by atomic mass is 32.2. The SMILES string of the molecule is CCCCc1cccc2c(S(=O)(=O)NCC(=O)O)c(NC)ccc12. The van der Waals surface area contributed by atoms with E-state index in [9.17, 15) is 13.2 Å². The molecule has 24 heavy (non-hydrogen) atoms. The summed E-state index contributed by atoms with van der Waals surface area (Å²) >= 11 is 0. The van der Waals surface area contributed by atoms with Crippen LogP contribution in [-0.2, 0) is 21.2 Å². The maximum Gasteiger partial charge on any atom is 0.318 e. The quantitative estimate of drug-likeness (QED) is 0.680. The van der Waals surface area contributed by atoms with Crippen LogP contribution in [0.5, 0.6) is 0 Å². The van der Waals surface area contributed by atoms with Crippen LogP contribution in [-0.4, -0.2) is 33.1 Å². The molecule has 0 aliphatic rings. The second-order valence-electron chi connectivity index (χ2n) is 5.53. The first-order valence-electron chi connectivity index (χ1n) is 7.84. The Hall–Kier alpha value is -2.12. The summed E-state index contributed by atoms with van der Waals surface area (Å²) in [5.74, 6) is -1.23. The van der Waals surface area contributed by atoms with E-state index in [1.54, 1.807) is 19.2 Å². The summed E-state index contributed by atoms with van der Waals surface area (Å²) in [5, 5.41) is 13.1. The van der Waals surface area contributed by atoms with E-state index in [0.29, 0.717) is 11.1 Å². The monoisotopic (exact) mass is 350 g/mol. The van der Waals surface area contributed by atoms with Crippen LogP contribution < -0.4 is 10.0 Å². The summed E-state index contributed by atoms with van der Waals surface area (Å²) in [7, 11) is -2.32. The molecule has 0 saturated carbocycles. The molecule has 0 aliphatic heterocycles. The molecule has 0 aromatic heterocycles. The number of carbonyl (C=O) groups is 1. The minimum Gasteiger partial charge on any atom is -0.480 e. The summed E-state index contributed by atoms with van der Waals surface area (Å²) in [6.07, 6.45) is 2.94. The lowest BCUT2D eigenvalue weighted by molar-refractivity contribution is -0.135. The predicted octanol–water partition coefficient (Wildman–Crippen LogP) is 2.59. The van der Waals surface area contributed by atoms with Crippen molar-refractivity contribution in [1.82, 2.24) is 4.72 Å². The third kappa shape index (κ3) is 3.85. The number of aliphatic carboxylic acids is 1. The molecule has 0 amide bonds. The van der Waals surface area contributed by atoms with Gasteiger partial charge in [-0.3, -0.25) is 4.79 Å². The Labute approximate surface area is 141 Å². The van der Waals surface area contributed by atoms with E-state index in [-0.39, 0.29) is 4.90 Å². The summed E-state index contributed by atoms with van der Waals surface area (Å²) in [4.78, 5) is 10.8. The third-order valence-corrected chi connectivity index (χ3v) is 5.36. The van der Waals surface area contributed by atoms with Crippen LogP contribution in [0, 0.1) is 0 Å². The zero-order valence-corrected chi connectivity index (χ0v) is 14.6. The summed E-state index contributed by atoms with van der Waals surface area (Å²) in [6, 6.07) is 9.21. The van der Waals surface area contributed by atoms with Gasteiger partial charge in [0.05, 0.1) is 5.69 Å². The van der Waals surface area contributed by atoms with Crippen LogP contribution >= 0.6 is 0 Å². The van der Waals surface area contributed by atoms with Crippen molar-refractivity contribution in [2.45, 2.75) is 31.1 Å². The summed E-state index contributed by atoms with van der Waals surface area (Å²) in [6.45, 7) is 1.45. The van der Waals surface area contributed by atoms with Crippen LogP contribution in [0.15, 0.2) is 35.2 Å². The molecule has 0 bridgehead atoms. The fourth-order valence-electron chi connectivity index (χ4n) is 2.70. The van der Waals surface area contributed by atoms with Crippen molar-refractivity contribution in [3.05, 3.63) is 35.9 Å². The number of nitrogens with one attached hydrogen (secondary N) is 2. The van der Waals surface area contributed by atoms with E-state index in [1.807, 2.05) is 18.2 Å². The van der Waals surface area contributed by atoms with Gasteiger partial charge in [-0.25, -0.2) is 8.42 Å². The molecule has 0 atom stereocenters. The van der Waals surface area contributed by atoms with Crippen molar-refractivity contribution >= 4 is 32.5 Å². The predicted molar refractivity (Wildman–Crippen MR) is 94.9 cm³/mol. The number of unbranched alkanes of at least 4 members (excludes halogenated alkanes) is 1. The van der Waals surface area contributed by atoms with Gasteiger partial charge in [-0.1, -0.05) is 37.6 Å². The molecule has 0 fully saturated rings. The van der Waals surface area contributed by atoms with Crippen molar-refractivity contribution in [3.63, 3.8) is 0 Å². The highest BCUT2D eigenvalue weighted by Crippen LogP contribution is 2.32. The first-order valence-corrected chi connectivity index (χ1v) is 9.32. The van der Waals surface area contributed by atoms with Gasteiger partial charge in [-0.15, -0.1) is 0 Å². The highest BCUT2D eigenvalue weighted by Gasteiger charge is 2.22. The molecule has 2 aromatic carbocycles. The van der Waals surface area contributed by atoms with Gasteiger partial charge in [-0.05, 0) is 29.9 Å². The van der Waals surface area contributed by atoms with E-state index in [1.165, 1.54) is 0 Å². The Bertz CT molecular complexity index is 847. The van der Waals surface area contributed by atoms with Gasteiger partial charge < -0.3 is 10.4 Å². The second-order valence-corrected chi connectivity index (χ2v) is 7.23. The van der Waals surface area contributed by atoms with Crippen LogP contribution in [0.4, 0.5) is 5.69 Å². The number of hydrogen-bond donors (Lipinski definition) is 3. The fourth-order valence-corrected chi connectivity index (χ4v) is 4.08. The first-order chi connectivity index (χ1) is 11.4. The van der Waals surface area contributed by atoms with E-state index in [2.05, 4.69) is 17.0 Å². The number of rotatable bonds is 8. The van der Waals surface area contributed by atoms with Crippen molar-refractivity contribution in [2.24, 2.45) is 0 Å². The van der Waals surface area contributed by atoms with Gasteiger partial charge in [0, 0.05) is 12.4 Å². The molecule has 0 heterocycles. The van der Waals surface area contributed by atoms with Gasteiger partial charge in [0.15, 0.2) is 0 Å². The summed E-state index contributed by atoms with van der Waals surface area (Å²) < 4.78 is 27.4. The number of hydrogen-bond acceptors (Lipinski definition) is 4. The molecule has 0 saturated heterocycles. The van der Waals surface area contributed by atoms with Gasteiger partial charge in [0.1, 0.15) is 11.4 Å². The molecule has 2 rings (SSSR count). The summed E-state index contributed by atoms with van der Waals surface area (Å²) in [5.41, 5.74) is 1.53. The standard InChI is InChI=1S/C17H22N2O4S/c1-3-4-6-12-7-5-8-14-13(12)9-10-15(18-2)17(14)24(22,23)19-11-16(20)21/h5,7-10,18-19H,3-4,6,11H2,1-2H3,(H,20,21). The molecular weight excluding hydrogens is 328 g/mol. The number of benzene rings is 2. The van der Waals surface area contributed by atoms with Gasteiger partial charge in [0.25, 0.3) is 0 Å². The van der Waals surface area contributed by atoms with Crippen molar-refractivity contribution in [2.75, 3.05) is 18.9 Å². The smallest absolute Gasteiger partial charge is 0.318 e. The van der Waals surface area contributed by atoms with E-state index in [0.717, 1.165) is 30.2 Å². The first kappa shape index (κ1) is 18.2. The van der Waals surface area contributed by atoms with Crippen LogP contribution in [0.3, 0.4) is 0 Å². The molecule has 0 radical (unpaired) electrons. The normalized spacial score (nSPS) is 11.6. The Balaban J connectivity index is 2.64. The van der Waals surface area contributed by atoms with Crippen molar-refractivity contribution in [3.8, 4) is 0 Å². The van der Waals surface area contributed by atoms with Crippen LogP contribution in [0.1, 0.15) is 25.3 Å². The number of anilines is 1. The second kappa shape index (κ2) is 7.63. The zero-order valence-electron chi connectivity index (χ0n) is 13.8. The molecule has 0 aliphatic carbocycles. The molecule has 6 nitrogen and oxygen atoms in total. The zero-order chi connectivity index (χ0) is 17.7. The largest absolute Gasteiger partial charge is 0.480 e. The highest BCUT2D eigenvalue weighted by molar-refractivity contribution is 7.90. The van der Waals surface area contributed by atoms with E-state index >= 15 is 0 Å². The van der Waals surface area contributed by atoms with Crippen LogP contribution in [0.2, 0.25) is 0 Å². The maximum absolute atomic E-state index is 12.6. The molecule has 7 heteroatoms. The Morgan fingerprint density at radius 2 is 1.92 bits per heavy atom. The van der Waals surface area contributed by atoms with Gasteiger partial charge in [-0.2, -0.15) is 4.72 Å². The Morgan fingerprint density at radius 3 is 2.54 bits per heavy atom. The maximum atomic E-state index is 12.6. The van der Waals surface area contributed by atoms with Gasteiger partial charge in [0.2, 0.25) is 10.0 Å². The van der Waals surface area contributed by atoms with E-state index < -0.39 is 22.5 Å². The van der Waals surface area contributed by atoms with E-state index in [4.69, 9.17) is 5.11 Å². The van der Waals surface area contributed by atoms with Crippen LogP contribution in [0.25, 0.3) is 10.8 Å². The molecule has 0 unspecified atom stereocenters. The molecular formula is C17H22N2O4S. The molecule has 2 aromatic rings. The topological polar surface area (TPSA) is 95.5 Å². The lowest BCUT2D eigenvalue weighted by Gasteiger charge is -2.15. The molecule has 3 N–H and O–H groups in total. The average molecular weight is 350 g/mol.